The lowest BCUT2D eigenvalue weighted by Crippen LogP contribution is -2.32. The maximum absolute atomic E-state index is 12.8. The van der Waals surface area contributed by atoms with Gasteiger partial charge in [0.15, 0.2) is 0 Å². The number of benzene rings is 1. The first-order valence-corrected chi connectivity index (χ1v) is 12.1. The van der Waals surface area contributed by atoms with Crippen molar-refractivity contribution in [1.82, 2.24) is 26.1 Å². The first-order valence-electron chi connectivity index (χ1n) is 12.1. The quantitative estimate of drug-likeness (QED) is 0.387. The van der Waals surface area contributed by atoms with Crippen molar-refractivity contribution in [3.63, 3.8) is 0 Å². The number of rotatable bonds is 7. The van der Waals surface area contributed by atoms with E-state index in [2.05, 4.69) is 82.1 Å². The monoisotopic (exact) mass is 476 g/mol. The molecule has 1 saturated heterocycles. The van der Waals surface area contributed by atoms with Gasteiger partial charge in [-0.05, 0) is 56.8 Å². The molecule has 6 nitrogen and oxygen atoms in total. The lowest BCUT2D eigenvalue weighted by Gasteiger charge is -2.22. The number of nitrogens with one attached hydrogen (secondary N) is 3. The largest absolute Gasteiger partial charge is 0.383 e. The molecule has 0 amide bonds. The van der Waals surface area contributed by atoms with Gasteiger partial charge in [-0.15, -0.1) is 6.58 Å². The SMILES string of the molecule is C=C(NCc1ccccc1)C1CCCN1C.C=CCC1=NC(=C)NN1.Fc1ncccc1C1CC1. The van der Waals surface area contributed by atoms with Gasteiger partial charge < -0.3 is 5.32 Å². The van der Waals surface area contributed by atoms with Crippen LogP contribution in [0.2, 0.25) is 0 Å². The molecule has 0 bridgehead atoms. The maximum atomic E-state index is 12.8. The van der Waals surface area contributed by atoms with Gasteiger partial charge in [0.2, 0.25) is 5.95 Å². The van der Waals surface area contributed by atoms with E-state index < -0.39 is 0 Å². The van der Waals surface area contributed by atoms with Crippen molar-refractivity contribution in [3.8, 4) is 0 Å². The molecule has 3 aliphatic rings. The summed E-state index contributed by atoms with van der Waals surface area (Å²) in [5.41, 5.74) is 8.85. The van der Waals surface area contributed by atoms with Gasteiger partial charge in [-0.3, -0.25) is 15.8 Å². The summed E-state index contributed by atoms with van der Waals surface area (Å²) in [5, 5.41) is 3.44. The van der Waals surface area contributed by atoms with Crippen LogP contribution in [-0.2, 0) is 6.54 Å². The minimum absolute atomic E-state index is 0.287. The Balaban J connectivity index is 0.000000155. The summed E-state index contributed by atoms with van der Waals surface area (Å²) in [7, 11) is 2.17. The Morgan fingerprint density at radius 1 is 1.17 bits per heavy atom. The molecule has 3 N–H and O–H groups in total. The van der Waals surface area contributed by atoms with Crippen molar-refractivity contribution in [2.45, 2.75) is 50.6 Å². The zero-order valence-electron chi connectivity index (χ0n) is 20.6. The molecule has 1 unspecified atom stereocenters. The summed E-state index contributed by atoms with van der Waals surface area (Å²) in [6.07, 6.45) is 8.80. The van der Waals surface area contributed by atoms with Gasteiger partial charge >= 0.3 is 0 Å². The average Bonchev–Trinajstić information content (AvgIpc) is 3.49. The van der Waals surface area contributed by atoms with Gasteiger partial charge in [0, 0.05) is 36.5 Å². The number of hydrogen-bond donors (Lipinski definition) is 3. The van der Waals surface area contributed by atoms with Crippen molar-refractivity contribution in [3.05, 3.63) is 103 Å². The topological polar surface area (TPSA) is 64.6 Å². The second kappa shape index (κ2) is 13.4. The van der Waals surface area contributed by atoms with Crippen LogP contribution in [0.15, 0.2) is 91.0 Å². The zero-order chi connectivity index (χ0) is 25.0. The van der Waals surface area contributed by atoms with Gasteiger partial charge in [0.1, 0.15) is 11.7 Å². The molecule has 1 atom stereocenters. The molecule has 2 fully saturated rings. The van der Waals surface area contributed by atoms with E-state index in [1.54, 1.807) is 12.1 Å². The third-order valence-corrected chi connectivity index (χ3v) is 6.05. The Bertz CT molecular complexity index is 1020. The van der Waals surface area contributed by atoms with E-state index in [1.165, 1.54) is 31.1 Å². The molecular weight excluding hydrogens is 439 g/mol. The van der Waals surface area contributed by atoms with E-state index >= 15 is 0 Å². The van der Waals surface area contributed by atoms with Crippen LogP contribution < -0.4 is 16.2 Å². The summed E-state index contributed by atoms with van der Waals surface area (Å²) < 4.78 is 12.8. The number of amidine groups is 1. The number of likely N-dealkylation sites (tertiary alicyclic amines) is 1. The van der Waals surface area contributed by atoms with E-state index in [1.807, 2.05) is 12.1 Å². The first kappa shape index (κ1) is 26.2. The lowest BCUT2D eigenvalue weighted by atomic mass is 10.1. The van der Waals surface area contributed by atoms with Crippen LogP contribution in [0.4, 0.5) is 4.39 Å². The molecule has 2 aliphatic heterocycles. The fourth-order valence-corrected chi connectivity index (χ4v) is 3.97. The van der Waals surface area contributed by atoms with Crippen molar-refractivity contribution in [2.75, 3.05) is 13.6 Å². The molecule has 1 saturated carbocycles. The third kappa shape index (κ3) is 8.68. The summed E-state index contributed by atoms with van der Waals surface area (Å²) in [6.45, 7) is 13.4. The van der Waals surface area contributed by atoms with Gasteiger partial charge in [-0.2, -0.15) is 4.39 Å². The highest BCUT2D eigenvalue weighted by Gasteiger charge is 2.26. The molecule has 5 rings (SSSR count). The normalized spacial score (nSPS) is 18.6. The van der Waals surface area contributed by atoms with E-state index in [4.69, 9.17) is 0 Å². The van der Waals surface area contributed by atoms with E-state index in [9.17, 15) is 4.39 Å². The number of aromatic nitrogens is 1. The van der Waals surface area contributed by atoms with E-state index in [0.29, 0.717) is 17.8 Å². The third-order valence-electron chi connectivity index (χ3n) is 6.05. The molecule has 186 valence electrons. The van der Waals surface area contributed by atoms with Gasteiger partial charge in [-0.25, -0.2) is 9.98 Å². The first-order chi connectivity index (χ1) is 17.0. The van der Waals surface area contributed by atoms with Gasteiger partial charge in [-0.1, -0.05) is 55.6 Å². The zero-order valence-corrected chi connectivity index (χ0v) is 20.6. The van der Waals surface area contributed by atoms with E-state index in [0.717, 1.165) is 42.9 Å². The van der Waals surface area contributed by atoms with Gasteiger partial charge in [0.25, 0.3) is 0 Å². The van der Waals surface area contributed by atoms with Gasteiger partial charge in [0.05, 0.1) is 0 Å². The molecule has 0 spiro atoms. The molecule has 1 aromatic carbocycles. The standard InChI is InChI=1S/C14H20N2.C8H8FN.C6H9N3/c1-12(14-9-6-10-16(14)2)15-11-13-7-4-3-5-8-13;9-8-7(6-3-4-6)2-1-5-10-8;1-3-4-6-7-5(2)8-9-6/h3-5,7-8,14-15H,1,6,9-11H2,2H3;1-2,5-6H,3-4H2;3,8H,1-2,4H2,(H,7,9). The molecule has 7 heteroatoms. The Kier molecular flexibility index (Phi) is 10.0. The van der Waals surface area contributed by atoms with Crippen molar-refractivity contribution >= 4 is 5.84 Å². The van der Waals surface area contributed by atoms with Crippen LogP contribution in [0.5, 0.6) is 0 Å². The highest BCUT2D eigenvalue weighted by Crippen LogP contribution is 2.40. The highest BCUT2D eigenvalue weighted by atomic mass is 19.1. The number of nitrogens with zero attached hydrogens (tertiary/aromatic N) is 3. The second-order valence-corrected chi connectivity index (χ2v) is 8.91. The molecular formula is C28H37FN6. The molecule has 0 radical (unpaired) electrons. The van der Waals surface area contributed by atoms with Crippen molar-refractivity contribution in [1.29, 1.82) is 0 Å². The van der Waals surface area contributed by atoms with Crippen LogP contribution in [0, 0.1) is 5.95 Å². The van der Waals surface area contributed by atoms with Crippen LogP contribution in [0.1, 0.15) is 49.1 Å². The fraction of sp³-hybridized carbons (Fsp3) is 0.357. The number of pyridine rings is 1. The summed E-state index contributed by atoms with van der Waals surface area (Å²) in [5.74, 6) is 1.71. The average molecular weight is 477 g/mol. The number of likely N-dealkylation sites (N-methyl/N-ethyl adjacent to an activating group) is 1. The number of aliphatic imine (C=N–C) groups is 1. The fourth-order valence-electron chi connectivity index (χ4n) is 3.97. The predicted octanol–water partition coefficient (Wildman–Crippen LogP) is 5.02. The van der Waals surface area contributed by atoms with E-state index in [-0.39, 0.29) is 5.95 Å². The van der Waals surface area contributed by atoms with Crippen LogP contribution in [0.3, 0.4) is 0 Å². The molecule has 2 aromatic rings. The minimum atomic E-state index is -0.287. The summed E-state index contributed by atoms with van der Waals surface area (Å²) >= 11 is 0. The molecule has 1 aromatic heterocycles. The van der Waals surface area contributed by atoms with Crippen molar-refractivity contribution in [2.24, 2.45) is 4.99 Å². The highest BCUT2D eigenvalue weighted by molar-refractivity contribution is 5.85. The van der Waals surface area contributed by atoms with Crippen LogP contribution in [-0.4, -0.2) is 35.4 Å². The summed E-state index contributed by atoms with van der Waals surface area (Å²) in [4.78, 5) is 9.96. The number of hydrazine groups is 1. The second-order valence-electron chi connectivity index (χ2n) is 8.91. The predicted molar refractivity (Wildman–Crippen MR) is 142 cm³/mol. The van der Waals surface area contributed by atoms with Crippen LogP contribution >= 0.6 is 0 Å². The lowest BCUT2D eigenvalue weighted by molar-refractivity contribution is 0.334. The Morgan fingerprint density at radius 2 is 1.94 bits per heavy atom. The smallest absolute Gasteiger partial charge is 0.216 e. The van der Waals surface area contributed by atoms with Crippen molar-refractivity contribution < 1.29 is 4.39 Å². The number of halogens is 1. The Morgan fingerprint density at radius 3 is 2.51 bits per heavy atom. The Labute approximate surface area is 208 Å². The Hall–Kier alpha value is -3.45. The summed E-state index contributed by atoms with van der Waals surface area (Å²) in [6, 6.07) is 14.6. The maximum Gasteiger partial charge on any atom is 0.216 e. The molecule has 3 heterocycles. The molecule has 1 aliphatic carbocycles. The number of hydrogen-bond acceptors (Lipinski definition) is 6. The van der Waals surface area contributed by atoms with Crippen LogP contribution in [0.25, 0.3) is 0 Å². The molecule has 35 heavy (non-hydrogen) atoms. The minimum Gasteiger partial charge on any atom is -0.383 e.